The van der Waals surface area contributed by atoms with Crippen molar-refractivity contribution in [3.05, 3.63) is 40.3 Å². The molecule has 2 atom stereocenters. The molecule has 1 amide bonds. The molecule has 4 N–H and O–H groups in total. The monoisotopic (exact) mass is 459 g/mol. The van der Waals surface area contributed by atoms with Gasteiger partial charge in [0.1, 0.15) is 18.5 Å². The Morgan fingerprint density at radius 3 is 2.75 bits per heavy atom. The van der Waals surface area contributed by atoms with Crippen LogP contribution in [0.2, 0.25) is 0 Å². The number of rotatable bonds is 11. The first-order valence-electron chi connectivity index (χ1n) is 10.7. The highest BCUT2D eigenvalue weighted by atomic mass is 32.1. The Morgan fingerprint density at radius 2 is 2.06 bits per heavy atom. The summed E-state index contributed by atoms with van der Waals surface area (Å²) < 4.78 is 11.3. The molecule has 0 aliphatic rings. The molecule has 3 aromatic rings. The predicted octanol–water partition coefficient (Wildman–Crippen LogP) is 3.26. The minimum atomic E-state index is -1.41. The Hall–Kier alpha value is -2.75. The minimum Gasteiger partial charge on any atom is -0.490 e. The van der Waals surface area contributed by atoms with Crippen LogP contribution in [0.5, 0.6) is 5.75 Å². The molecule has 2 unspecified atom stereocenters. The minimum absolute atomic E-state index is 0.0671. The van der Waals surface area contributed by atoms with Gasteiger partial charge in [0.2, 0.25) is 11.7 Å². The van der Waals surface area contributed by atoms with E-state index in [2.05, 4.69) is 23.1 Å². The molecule has 2 aromatic heterocycles. The summed E-state index contributed by atoms with van der Waals surface area (Å²) in [4.78, 5) is 17.8. The first-order chi connectivity index (χ1) is 15.3. The van der Waals surface area contributed by atoms with Crippen molar-refractivity contribution in [3.63, 3.8) is 0 Å². The van der Waals surface area contributed by atoms with Gasteiger partial charge in [-0.25, -0.2) is 0 Å². The Morgan fingerprint density at radius 1 is 1.28 bits per heavy atom. The number of hydrogen-bond donors (Lipinski definition) is 3. The summed E-state index contributed by atoms with van der Waals surface area (Å²) in [5.74, 6) is 0.774. The van der Waals surface area contributed by atoms with Crippen molar-refractivity contribution in [2.75, 3.05) is 6.61 Å². The lowest BCUT2D eigenvalue weighted by atomic mass is 10.0. The van der Waals surface area contributed by atoms with Gasteiger partial charge in [-0.05, 0) is 55.2 Å². The summed E-state index contributed by atoms with van der Waals surface area (Å²) in [7, 11) is 0. The number of hydrogen-bond acceptors (Lipinski definition) is 8. The van der Waals surface area contributed by atoms with E-state index < -0.39 is 18.1 Å². The summed E-state index contributed by atoms with van der Waals surface area (Å²) in [6, 6.07) is 7.95. The van der Waals surface area contributed by atoms with Gasteiger partial charge >= 0.3 is 0 Å². The van der Waals surface area contributed by atoms with Crippen molar-refractivity contribution in [3.8, 4) is 27.9 Å². The third-order valence-electron chi connectivity index (χ3n) is 5.03. The highest BCUT2D eigenvalue weighted by molar-refractivity contribution is 7.15. The van der Waals surface area contributed by atoms with E-state index in [4.69, 9.17) is 15.0 Å². The van der Waals surface area contributed by atoms with Gasteiger partial charge in [-0.3, -0.25) is 4.79 Å². The van der Waals surface area contributed by atoms with E-state index in [-0.39, 0.29) is 13.0 Å². The molecule has 0 spiro atoms. The Labute approximate surface area is 191 Å². The molecule has 172 valence electrons. The van der Waals surface area contributed by atoms with Gasteiger partial charge in [-0.1, -0.05) is 25.4 Å². The molecule has 0 saturated heterocycles. The summed E-state index contributed by atoms with van der Waals surface area (Å²) in [6.07, 6.45) is 0.205. The van der Waals surface area contributed by atoms with Crippen molar-refractivity contribution in [1.29, 1.82) is 0 Å². The van der Waals surface area contributed by atoms with Gasteiger partial charge in [0.15, 0.2) is 0 Å². The fourth-order valence-electron chi connectivity index (χ4n) is 3.38. The topological polar surface area (TPSA) is 132 Å². The number of nitrogens with zero attached hydrogens (tertiary/aromatic N) is 2. The van der Waals surface area contributed by atoms with Crippen molar-refractivity contribution < 1.29 is 24.3 Å². The number of thiophene rings is 1. The van der Waals surface area contributed by atoms with Crippen molar-refractivity contribution in [2.24, 2.45) is 5.73 Å². The number of amides is 1. The smallest absolute Gasteiger partial charge is 0.268 e. The van der Waals surface area contributed by atoms with E-state index in [1.165, 1.54) is 4.88 Å². The number of aromatic nitrogens is 2. The lowest BCUT2D eigenvalue weighted by Gasteiger charge is -2.18. The van der Waals surface area contributed by atoms with Crippen LogP contribution in [0.1, 0.15) is 42.7 Å². The molecule has 3 rings (SSSR count). The second-order valence-corrected chi connectivity index (χ2v) is 8.86. The zero-order chi connectivity index (χ0) is 23.3. The van der Waals surface area contributed by atoms with Crippen LogP contribution >= 0.6 is 11.3 Å². The second kappa shape index (κ2) is 10.7. The zero-order valence-electron chi connectivity index (χ0n) is 18.5. The van der Waals surface area contributed by atoms with Gasteiger partial charge < -0.3 is 25.2 Å². The number of aliphatic hydroxyl groups is 2. The van der Waals surface area contributed by atoms with Crippen molar-refractivity contribution >= 4 is 17.2 Å². The third kappa shape index (κ3) is 5.73. The lowest BCUT2D eigenvalue weighted by Crippen LogP contribution is -2.33. The normalized spacial score (nSPS) is 13.2. The molecule has 0 fully saturated rings. The number of carbonyl (C=O) groups is 1. The van der Waals surface area contributed by atoms with E-state index in [1.807, 2.05) is 32.0 Å². The standard InChI is InChI=1S/C23H29N3O5S/c1-4-6-17-7-8-19(32-17)23-25-22(26-31-23)15-9-13(3)20(14(5-2)10-15)30-12-16(27)11-18(28)21(24)29/h7-10,16,18,27-28H,4-6,11-12H2,1-3H3,(H2,24,29). The molecule has 0 aliphatic heterocycles. The summed E-state index contributed by atoms with van der Waals surface area (Å²) in [5, 5.41) is 23.7. The first-order valence-corrected chi connectivity index (χ1v) is 11.5. The number of aryl methyl sites for hydroxylation is 3. The van der Waals surface area contributed by atoms with Crippen LogP contribution in [0.15, 0.2) is 28.8 Å². The molecule has 0 saturated carbocycles. The van der Waals surface area contributed by atoms with Crippen LogP contribution in [0.3, 0.4) is 0 Å². The Balaban J connectivity index is 1.76. The zero-order valence-corrected chi connectivity index (χ0v) is 19.3. The van der Waals surface area contributed by atoms with Crippen LogP contribution in [-0.4, -0.2) is 45.1 Å². The van der Waals surface area contributed by atoms with Gasteiger partial charge in [-0.15, -0.1) is 11.3 Å². The average Bonchev–Trinajstić information content (AvgIpc) is 3.42. The molecule has 0 bridgehead atoms. The fourth-order valence-corrected chi connectivity index (χ4v) is 4.41. The molecule has 1 aromatic carbocycles. The van der Waals surface area contributed by atoms with Crippen LogP contribution in [0.25, 0.3) is 22.2 Å². The lowest BCUT2D eigenvalue weighted by molar-refractivity contribution is -0.127. The van der Waals surface area contributed by atoms with E-state index >= 15 is 0 Å². The molecule has 0 radical (unpaired) electrons. The number of ether oxygens (including phenoxy) is 1. The predicted molar refractivity (Wildman–Crippen MR) is 122 cm³/mol. The molecule has 0 aliphatic carbocycles. The van der Waals surface area contributed by atoms with Gasteiger partial charge in [0.05, 0.1) is 11.0 Å². The molecular formula is C23H29N3O5S. The van der Waals surface area contributed by atoms with E-state index in [1.54, 1.807) is 11.3 Å². The first kappa shape index (κ1) is 23.9. The number of primary amides is 1. The molecule has 9 heteroatoms. The largest absolute Gasteiger partial charge is 0.490 e. The third-order valence-corrected chi connectivity index (χ3v) is 6.16. The van der Waals surface area contributed by atoms with Crippen LogP contribution in [-0.2, 0) is 17.6 Å². The number of aliphatic hydroxyl groups excluding tert-OH is 2. The summed E-state index contributed by atoms with van der Waals surface area (Å²) in [6.45, 7) is 5.99. The molecule has 2 heterocycles. The second-order valence-electron chi connectivity index (χ2n) is 7.69. The average molecular weight is 460 g/mol. The maximum Gasteiger partial charge on any atom is 0.268 e. The number of carbonyl (C=O) groups excluding carboxylic acids is 1. The number of benzene rings is 1. The maximum atomic E-state index is 11.0. The summed E-state index contributed by atoms with van der Waals surface area (Å²) in [5.41, 5.74) is 7.63. The SMILES string of the molecule is CCCc1ccc(-c2nc(-c3cc(C)c(OCC(O)CC(O)C(N)=O)c(CC)c3)no2)s1. The van der Waals surface area contributed by atoms with Gasteiger partial charge in [-0.2, -0.15) is 4.98 Å². The van der Waals surface area contributed by atoms with Crippen molar-refractivity contribution in [2.45, 2.75) is 58.7 Å². The van der Waals surface area contributed by atoms with E-state index in [0.29, 0.717) is 23.9 Å². The quantitative estimate of drug-likeness (QED) is 0.401. The van der Waals surface area contributed by atoms with Gasteiger partial charge in [0, 0.05) is 16.9 Å². The molecular weight excluding hydrogens is 430 g/mol. The number of nitrogens with two attached hydrogens (primary N) is 1. The maximum absolute atomic E-state index is 11.0. The van der Waals surface area contributed by atoms with Crippen molar-refractivity contribution in [1.82, 2.24) is 10.1 Å². The van der Waals surface area contributed by atoms with Crippen LogP contribution in [0.4, 0.5) is 0 Å². The fraction of sp³-hybridized carbons (Fsp3) is 0.435. The highest BCUT2D eigenvalue weighted by Gasteiger charge is 2.19. The molecule has 32 heavy (non-hydrogen) atoms. The highest BCUT2D eigenvalue weighted by Crippen LogP contribution is 2.33. The van der Waals surface area contributed by atoms with E-state index in [0.717, 1.165) is 34.4 Å². The van der Waals surface area contributed by atoms with Crippen LogP contribution < -0.4 is 10.5 Å². The van der Waals surface area contributed by atoms with E-state index in [9.17, 15) is 15.0 Å². The molecule has 8 nitrogen and oxygen atoms in total. The Kier molecular flexibility index (Phi) is 8.00. The Bertz CT molecular complexity index is 1060. The summed E-state index contributed by atoms with van der Waals surface area (Å²) >= 11 is 1.66. The van der Waals surface area contributed by atoms with Gasteiger partial charge in [0.25, 0.3) is 5.89 Å². The van der Waals surface area contributed by atoms with Crippen LogP contribution in [0, 0.1) is 6.92 Å².